The largest absolute Gasteiger partial charge is 0.471 e. The van der Waals surface area contributed by atoms with E-state index >= 15 is 0 Å². The van der Waals surface area contributed by atoms with Gasteiger partial charge in [0.1, 0.15) is 0 Å². The summed E-state index contributed by atoms with van der Waals surface area (Å²) < 4.78 is 55.8. The zero-order chi connectivity index (χ0) is 21.2. The second kappa shape index (κ2) is 7.94. The van der Waals surface area contributed by atoms with Crippen LogP contribution in [0.5, 0.6) is 0 Å². The number of nitrogens with zero attached hydrogens (tertiary/aromatic N) is 2. The summed E-state index contributed by atoms with van der Waals surface area (Å²) >= 11 is 0. The van der Waals surface area contributed by atoms with E-state index in [1.54, 1.807) is 31.2 Å². The predicted octanol–water partition coefficient (Wildman–Crippen LogP) is 3.91. The van der Waals surface area contributed by atoms with Gasteiger partial charge in [-0.25, -0.2) is 4.21 Å². The molecule has 1 amide bonds. The first kappa shape index (κ1) is 21.0. The van der Waals surface area contributed by atoms with Crippen LogP contribution >= 0.6 is 0 Å². The molecule has 0 fully saturated rings. The van der Waals surface area contributed by atoms with Gasteiger partial charge in [-0.1, -0.05) is 49.3 Å². The molecular formula is C19H18F3N3O3S. The van der Waals surface area contributed by atoms with Crippen molar-refractivity contribution >= 4 is 21.6 Å². The van der Waals surface area contributed by atoms with Gasteiger partial charge in [0.05, 0.1) is 26.1 Å². The molecule has 0 radical (unpaired) electrons. The first-order valence-electron chi connectivity index (χ1n) is 8.85. The van der Waals surface area contributed by atoms with Crippen molar-refractivity contribution in [3.05, 3.63) is 64.7 Å². The molecule has 6 nitrogen and oxygen atoms in total. The molecular weight excluding hydrogens is 407 g/mol. The molecule has 0 saturated carbocycles. The summed E-state index contributed by atoms with van der Waals surface area (Å²) in [7, 11) is -1.90. The number of hydrogen-bond acceptors (Lipinski definition) is 5. The minimum absolute atomic E-state index is 0.0150. The van der Waals surface area contributed by atoms with Crippen LogP contribution in [0, 0.1) is 0 Å². The average Bonchev–Trinajstić information content (AvgIpc) is 3.33. The molecule has 1 aromatic carbocycles. The quantitative estimate of drug-likeness (QED) is 0.759. The molecule has 1 aromatic heterocycles. The third kappa shape index (κ3) is 3.89. The number of amides is 1. The Labute approximate surface area is 167 Å². The lowest BCUT2D eigenvalue weighted by atomic mass is 9.86. The monoisotopic (exact) mass is 425 g/mol. The van der Waals surface area contributed by atoms with E-state index in [-0.39, 0.29) is 17.2 Å². The lowest BCUT2D eigenvalue weighted by Crippen LogP contribution is -2.47. The van der Waals surface area contributed by atoms with Gasteiger partial charge in [0.25, 0.3) is 0 Å². The Hall–Kier alpha value is -2.75. The SMILES string of the molecule is CCC(=O)NC(CC)(C1=CC=C(c2noc(C(F)(F)F)n2)S1=O)c1ccccc1. The summed E-state index contributed by atoms with van der Waals surface area (Å²) in [6, 6.07) is 8.99. The van der Waals surface area contributed by atoms with Crippen LogP contribution in [0.25, 0.3) is 4.91 Å². The third-order valence-electron chi connectivity index (χ3n) is 4.57. The molecule has 2 unspecified atom stereocenters. The lowest BCUT2D eigenvalue weighted by Gasteiger charge is -2.35. The van der Waals surface area contributed by atoms with E-state index < -0.39 is 34.2 Å². The molecule has 1 aliphatic rings. The topological polar surface area (TPSA) is 85.1 Å². The van der Waals surface area contributed by atoms with Crippen molar-refractivity contribution in [1.82, 2.24) is 15.5 Å². The summed E-state index contributed by atoms with van der Waals surface area (Å²) in [4.78, 5) is 15.9. The molecule has 10 heteroatoms. The van der Waals surface area contributed by atoms with Crippen molar-refractivity contribution in [1.29, 1.82) is 0 Å². The highest BCUT2D eigenvalue weighted by Gasteiger charge is 2.43. The van der Waals surface area contributed by atoms with E-state index in [0.717, 1.165) is 0 Å². The van der Waals surface area contributed by atoms with Gasteiger partial charge < -0.3 is 9.84 Å². The Bertz CT molecular complexity index is 999. The predicted molar refractivity (Wildman–Crippen MR) is 100 cm³/mol. The number of carbonyl (C=O) groups excluding carboxylic acids is 1. The molecule has 154 valence electrons. The van der Waals surface area contributed by atoms with E-state index in [9.17, 15) is 22.2 Å². The number of alkyl halides is 3. The first-order valence-corrected chi connectivity index (χ1v) is 10.00. The van der Waals surface area contributed by atoms with Crippen LogP contribution in [0.1, 0.15) is 44.0 Å². The Morgan fingerprint density at radius 2 is 1.86 bits per heavy atom. The molecule has 0 bridgehead atoms. The zero-order valence-electron chi connectivity index (χ0n) is 15.6. The van der Waals surface area contributed by atoms with Crippen LogP contribution in [0.2, 0.25) is 0 Å². The van der Waals surface area contributed by atoms with Gasteiger partial charge in [0.15, 0.2) is 0 Å². The van der Waals surface area contributed by atoms with Crippen LogP contribution in [0.4, 0.5) is 13.2 Å². The van der Waals surface area contributed by atoms with Crippen molar-refractivity contribution in [3.63, 3.8) is 0 Å². The smallest absolute Gasteiger partial charge is 0.342 e. The van der Waals surface area contributed by atoms with Crippen molar-refractivity contribution in [3.8, 4) is 0 Å². The highest BCUT2D eigenvalue weighted by atomic mass is 32.2. The van der Waals surface area contributed by atoms with Gasteiger partial charge in [-0.3, -0.25) is 4.79 Å². The van der Waals surface area contributed by atoms with Crippen LogP contribution in [0.3, 0.4) is 0 Å². The summed E-state index contributed by atoms with van der Waals surface area (Å²) in [5, 5.41) is 6.26. The highest BCUT2D eigenvalue weighted by molar-refractivity contribution is 7.98. The minimum atomic E-state index is -4.80. The van der Waals surface area contributed by atoms with Gasteiger partial charge in [0.2, 0.25) is 11.7 Å². The van der Waals surface area contributed by atoms with Gasteiger partial charge in [-0.05, 0) is 24.1 Å². The van der Waals surface area contributed by atoms with Crippen LogP contribution in [-0.2, 0) is 27.3 Å². The molecule has 3 rings (SSSR count). The molecule has 29 heavy (non-hydrogen) atoms. The van der Waals surface area contributed by atoms with Crippen molar-refractivity contribution in [2.45, 2.75) is 38.4 Å². The van der Waals surface area contributed by atoms with Crippen LogP contribution < -0.4 is 5.32 Å². The van der Waals surface area contributed by atoms with Gasteiger partial charge >= 0.3 is 12.1 Å². The number of rotatable bonds is 6. The van der Waals surface area contributed by atoms with Crippen LogP contribution in [0.15, 0.2) is 51.9 Å². The fourth-order valence-corrected chi connectivity index (χ4v) is 4.58. The number of hydrogen-bond donors (Lipinski definition) is 1. The Morgan fingerprint density at radius 1 is 1.17 bits per heavy atom. The molecule has 2 heterocycles. The van der Waals surface area contributed by atoms with Gasteiger partial charge in [-0.15, -0.1) is 0 Å². The molecule has 2 aromatic rings. The molecule has 1 aliphatic heterocycles. The first-order chi connectivity index (χ1) is 13.7. The van der Waals surface area contributed by atoms with Crippen molar-refractivity contribution in [2.24, 2.45) is 0 Å². The number of nitrogens with one attached hydrogen (secondary N) is 1. The zero-order valence-corrected chi connectivity index (χ0v) is 16.4. The van der Waals surface area contributed by atoms with Crippen molar-refractivity contribution < 1.29 is 26.7 Å². The summed E-state index contributed by atoms with van der Waals surface area (Å²) in [5.74, 6) is -2.16. The summed E-state index contributed by atoms with van der Waals surface area (Å²) in [6.07, 6.45) is -1.28. The maximum atomic E-state index is 13.2. The highest BCUT2D eigenvalue weighted by Crippen LogP contribution is 2.42. The third-order valence-corrected chi connectivity index (χ3v) is 6.17. The second-order valence-electron chi connectivity index (χ2n) is 6.28. The van der Waals surface area contributed by atoms with E-state index in [2.05, 4.69) is 20.0 Å². The summed E-state index contributed by atoms with van der Waals surface area (Å²) in [6.45, 7) is 3.53. The fourth-order valence-electron chi connectivity index (χ4n) is 3.08. The Morgan fingerprint density at radius 3 is 2.41 bits per heavy atom. The maximum Gasteiger partial charge on any atom is 0.471 e. The van der Waals surface area contributed by atoms with Crippen LogP contribution in [-0.4, -0.2) is 20.3 Å². The van der Waals surface area contributed by atoms with E-state index in [4.69, 9.17) is 0 Å². The molecule has 2 atom stereocenters. The fraction of sp³-hybridized carbons (Fsp3) is 0.316. The van der Waals surface area contributed by atoms with E-state index in [0.29, 0.717) is 16.9 Å². The van der Waals surface area contributed by atoms with Gasteiger partial charge in [-0.2, -0.15) is 18.2 Å². The van der Waals surface area contributed by atoms with E-state index in [1.165, 1.54) is 12.2 Å². The molecule has 0 spiro atoms. The maximum absolute atomic E-state index is 13.2. The number of benzene rings is 1. The lowest BCUT2D eigenvalue weighted by molar-refractivity contribution is -0.159. The molecule has 0 saturated heterocycles. The standard InChI is InChI=1S/C19H18F3N3O3S/c1-3-15(26)24-18(4-2,12-8-6-5-7-9-12)14-11-10-13(29(14)27)16-23-17(28-25-16)19(20,21)22/h5-11H,3-4H2,1-2H3,(H,24,26). The Kier molecular flexibility index (Phi) is 5.74. The van der Waals surface area contributed by atoms with Crippen molar-refractivity contribution in [2.75, 3.05) is 0 Å². The average molecular weight is 425 g/mol. The number of halogens is 3. The van der Waals surface area contributed by atoms with Gasteiger partial charge in [0, 0.05) is 6.42 Å². The number of allylic oxidation sites excluding steroid dienone is 2. The van der Waals surface area contributed by atoms with E-state index in [1.807, 2.05) is 13.0 Å². The number of aromatic nitrogens is 2. The number of carbonyl (C=O) groups is 1. The summed E-state index contributed by atoms with van der Waals surface area (Å²) in [5.41, 5.74) is -0.378. The molecule has 0 aliphatic carbocycles. The molecule has 1 N–H and O–H groups in total. The normalized spacial score (nSPS) is 18.7. The Balaban J connectivity index is 2.00. The second-order valence-corrected chi connectivity index (χ2v) is 7.70. The minimum Gasteiger partial charge on any atom is -0.342 e.